The number of likely N-dealkylation sites (N-methyl/N-ethyl adjacent to an activating group) is 1. The Labute approximate surface area is 85.5 Å². The van der Waals surface area contributed by atoms with Crippen LogP contribution < -0.4 is 5.32 Å². The van der Waals surface area contributed by atoms with Gasteiger partial charge in [0.25, 0.3) is 0 Å². The molecule has 78 valence electrons. The Morgan fingerprint density at radius 3 is 3.21 bits per heavy atom. The minimum atomic E-state index is 0.668. The van der Waals surface area contributed by atoms with E-state index in [1.54, 1.807) is 0 Å². The summed E-state index contributed by atoms with van der Waals surface area (Å²) in [7, 11) is 2.02. The van der Waals surface area contributed by atoms with Crippen molar-refractivity contribution >= 4 is 0 Å². The third-order valence-electron chi connectivity index (χ3n) is 3.09. The maximum Gasteiger partial charge on any atom is 0.108 e. The van der Waals surface area contributed by atoms with E-state index in [9.17, 15) is 0 Å². The van der Waals surface area contributed by atoms with E-state index < -0.39 is 0 Å². The fourth-order valence-corrected chi connectivity index (χ4v) is 2.39. The van der Waals surface area contributed by atoms with Crippen LogP contribution in [-0.2, 0) is 13.0 Å². The minimum Gasteiger partial charge on any atom is -0.332 e. The summed E-state index contributed by atoms with van der Waals surface area (Å²) in [5, 5.41) is 3.26. The first-order valence-electron chi connectivity index (χ1n) is 5.55. The lowest BCUT2D eigenvalue weighted by Gasteiger charge is -2.24. The molecule has 1 aromatic heterocycles. The molecule has 1 N–H and O–H groups in total. The summed E-state index contributed by atoms with van der Waals surface area (Å²) in [5.74, 6) is 1.92. The molecule has 1 aliphatic rings. The second-order valence-corrected chi connectivity index (χ2v) is 4.00. The molecule has 2 rings (SSSR count). The van der Waals surface area contributed by atoms with Gasteiger partial charge in [0.2, 0.25) is 0 Å². The highest BCUT2D eigenvalue weighted by molar-refractivity contribution is 5.14. The number of hydrogen-bond acceptors (Lipinski definition) is 2. The lowest BCUT2D eigenvalue weighted by molar-refractivity contribution is 0.435. The number of hydrogen-bond donors (Lipinski definition) is 1. The molecule has 3 nitrogen and oxygen atoms in total. The summed E-state index contributed by atoms with van der Waals surface area (Å²) in [5.41, 5.74) is 1.43. The Bertz CT molecular complexity index is 303. The van der Waals surface area contributed by atoms with Gasteiger partial charge in [0.1, 0.15) is 5.82 Å². The maximum atomic E-state index is 4.48. The average molecular weight is 193 g/mol. The highest BCUT2D eigenvalue weighted by atomic mass is 15.1. The van der Waals surface area contributed by atoms with Crippen molar-refractivity contribution in [2.45, 2.75) is 38.6 Å². The van der Waals surface area contributed by atoms with Crippen molar-refractivity contribution in [3.05, 3.63) is 17.7 Å². The van der Waals surface area contributed by atoms with Crippen LogP contribution in [0.15, 0.2) is 6.20 Å². The van der Waals surface area contributed by atoms with E-state index in [0.717, 1.165) is 13.0 Å². The molecule has 0 aromatic carbocycles. The zero-order valence-electron chi connectivity index (χ0n) is 9.08. The smallest absolute Gasteiger partial charge is 0.108 e. The lowest BCUT2D eigenvalue weighted by atomic mass is 9.96. The summed E-state index contributed by atoms with van der Waals surface area (Å²) >= 11 is 0. The predicted molar refractivity (Wildman–Crippen MR) is 57.5 cm³/mol. The molecule has 0 saturated heterocycles. The quantitative estimate of drug-likeness (QED) is 0.789. The molecular formula is C11H19N3. The van der Waals surface area contributed by atoms with Crippen molar-refractivity contribution in [2.24, 2.45) is 0 Å². The van der Waals surface area contributed by atoms with Crippen LogP contribution in [0.5, 0.6) is 0 Å². The van der Waals surface area contributed by atoms with Gasteiger partial charge in [0, 0.05) is 37.3 Å². The first-order valence-corrected chi connectivity index (χ1v) is 5.55. The largest absolute Gasteiger partial charge is 0.332 e. The Hall–Kier alpha value is -0.830. The predicted octanol–water partition coefficient (Wildman–Crippen LogP) is 1.54. The van der Waals surface area contributed by atoms with Crippen molar-refractivity contribution in [3.8, 4) is 0 Å². The Balaban J connectivity index is 2.26. The second kappa shape index (κ2) is 4.13. The molecule has 0 amide bonds. The highest BCUT2D eigenvalue weighted by Gasteiger charge is 2.21. The normalized spacial score (nSPS) is 20.9. The molecule has 0 fully saturated rings. The van der Waals surface area contributed by atoms with Gasteiger partial charge in [-0.1, -0.05) is 6.92 Å². The van der Waals surface area contributed by atoms with Crippen molar-refractivity contribution in [1.82, 2.24) is 14.9 Å². The molecule has 1 aromatic rings. The maximum absolute atomic E-state index is 4.48. The lowest BCUT2D eigenvalue weighted by Crippen LogP contribution is -2.24. The molecule has 0 aliphatic carbocycles. The van der Waals surface area contributed by atoms with Crippen molar-refractivity contribution in [1.29, 1.82) is 0 Å². The zero-order chi connectivity index (χ0) is 9.97. The molecule has 1 aliphatic heterocycles. The SMILES string of the molecule is CCc1ncc2n1CCCC2CNC. The summed E-state index contributed by atoms with van der Waals surface area (Å²) in [6.45, 7) is 4.42. The van der Waals surface area contributed by atoms with E-state index in [0.29, 0.717) is 5.92 Å². The van der Waals surface area contributed by atoms with Crippen molar-refractivity contribution in [3.63, 3.8) is 0 Å². The molecule has 1 atom stereocenters. The summed E-state index contributed by atoms with van der Waals surface area (Å²) < 4.78 is 2.41. The van der Waals surface area contributed by atoms with Crippen LogP contribution in [0.1, 0.15) is 37.2 Å². The van der Waals surface area contributed by atoms with Gasteiger partial charge in [0.15, 0.2) is 0 Å². The van der Waals surface area contributed by atoms with E-state index in [4.69, 9.17) is 0 Å². The van der Waals surface area contributed by atoms with Crippen LogP contribution in [0.3, 0.4) is 0 Å². The monoisotopic (exact) mass is 193 g/mol. The van der Waals surface area contributed by atoms with Gasteiger partial charge in [0.05, 0.1) is 0 Å². The molecule has 0 bridgehead atoms. The molecule has 2 heterocycles. The standard InChI is InChI=1S/C11H19N3/c1-3-11-13-8-10-9(7-12-2)5-4-6-14(10)11/h8-9,12H,3-7H2,1-2H3. The average Bonchev–Trinajstić information content (AvgIpc) is 2.62. The topological polar surface area (TPSA) is 29.9 Å². The van der Waals surface area contributed by atoms with Gasteiger partial charge in [-0.2, -0.15) is 0 Å². The van der Waals surface area contributed by atoms with E-state index in [2.05, 4.69) is 28.0 Å². The second-order valence-electron chi connectivity index (χ2n) is 4.00. The Morgan fingerprint density at radius 2 is 2.50 bits per heavy atom. The van der Waals surface area contributed by atoms with E-state index >= 15 is 0 Å². The first kappa shape index (κ1) is 9.71. The number of nitrogens with zero attached hydrogens (tertiary/aromatic N) is 2. The zero-order valence-corrected chi connectivity index (χ0v) is 9.08. The molecule has 0 radical (unpaired) electrons. The van der Waals surface area contributed by atoms with Crippen LogP contribution in [0.25, 0.3) is 0 Å². The summed E-state index contributed by atoms with van der Waals surface area (Å²) in [6.07, 6.45) is 5.71. The number of fused-ring (bicyclic) bond motifs is 1. The van der Waals surface area contributed by atoms with Crippen LogP contribution >= 0.6 is 0 Å². The van der Waals surface area contributed by atoms with Gasteiger partial charge < -0.3 is 9.88 Å². The number of rotatable bonds is 3. The van der Waals surface area contributed by atoms with Gasteiger partial charge >= 0.3 is 0 Å². The summed E-state index contributed by atoms with van der Waals surface area (Å²) in [6, 6.07) is 0. The van der Waals surface area contributed by atoms with E-state index in [1.165, 1.54) is 30.9 Å². The number of nitrogens with one attached hydrogen (secondary N) is 1. The molecule has 0 spiro atoms. The number of aryl methyl sites for hydroxylation is 1. The Morgan fingerprint density at radius 1 is 1.64 bits per heavy atom. The van der Waals surface area contributed by atoms with E-state index in [1.807, 2.05) is 7.05 Å². The highest BCUT2D eigenvalue weighted by Crippen LogP contribution is 2.27. The van der Waals surface area contributed by atoms with Gasteiger partial charge in [-0.05, 0) is 19.9 Å². The number of aromatic nitrogens is 2. The molecule has 0 saturated carbocycles. The van der Waals surface area contributed by atoms with Crippen LogP contribution in [0.4, 0.5) is 0 Å². The third kappa shape index (κ3) is 1.57. The Kier molecular flexibility index (Phi) is 2.87. The first-order chi connectivity index (χ1) is 6.86. The van der Waals surface area contributed by atoms with Gasteiger partial charge in [-0.25, -0.2) is 4.98 Å². The fourth-order valence-electron chi connectivity index (χ4n) is 2.39. The van der Waals surface area contributed by atoms with Gasteiger partial charge in [-0.3, -0.25) is 0 Å². The minimum absolute atomic E-state index is 0.668. The van der Waals surface area contributed by atoms with E-state index in [-0.39, 0.29) is 0 Å². The van der Waals surface area contributed by atoms with Crippen molar-refractivity contribution < 1.29 is 0 Å². The van der Waals surface area contributed by atoms with Crippen LogP contribution in [0.2, 0.25) is 0 Å². The molecular weight excluding hydrogens is 174 g/mol. The molecule has 1 unspecified atom stereocenters. The summed E-state index contributed by atoms with van der Waals surface area (Å²) in [4.78, 5) is 4.48. The fraction of sp³-hybridized carbons (Fsp3) is 0.727. The third-order valence-corrected chi connectivity index (χ3v) is 3.09. The van der Waals surface area contributed by atoms with Crippen molar-refractivity contribution in [2.75, 3.05) is 13.6 Å². The molecule has 3 heteroatoms. The number of imidazole rings is 1. The van der Waals surface area contributed by atoms with Crippen LogP contribution in [-0.4, -0.2) is 23.1 Å². The van der Waals surface area contributed by atoms with Crippen LogP contribution in [0, 0.1) is 0 Å². The van der Waals surface area contributed by atoms with Gasteiger partial charge in [-0.15, -0.1) is 0 Å². The molecule has 14 heavy (non-hydrogen) atoms.